The zero-order valence-electron chi connectivity index (χ0n) is 9.81. The van der Waals surface area contributed by atoms with Crippen LogP contribution >= 0.6 is 11.6 Å². The molecule has 0 aliphatic heterocycles. The van der Waals surface area contributed by atoms with E-state index in [1.54, 1.807) is 24.3 Å². The van der Waals surface area contributed by atoms with Crippen LogP contribution in [0.1, 0.15) is 11.7 Å². The van der Waals surface area contributed by atoms with Crippen LogP contribution in [0.4, 0.5) is 10.1 Å². The highest BCUT2D eigenvalue weighted by Gasteiger charge is 2.19. The Morgan fingerprint density at radius 3 is 2.42 bits per heavy atom. The Hall–Kier alpha value is -1.91. The van der Waals surface area contributed by atoms with Gasteiger partial charge >= 0.3 is 0 Å². The first kappa shape index (κ1) is 13.5. The monoisotopic (exact) mass is 279 g/mol. The lowest BCUT2D eigenvalue weighted by Crippen LogP contribution is -2.21. The average molecular weight is 280 g/mol. The first-order valence-electron chi connectivity index (χ1n) is 5.57. The predicted octanol–water partition coefficient (Wildman–Crippen LogP) is 3.15. The number of aliphatic hydroxyl groups excluding tert-OH is 1. The number of hydrogen-bond donors (Lipinski definition) is 2. The van der Waals surface area contributed by atoms with Crippen molar-refractivity contribution < 1.29 is 14.3 Å². The fourth-order valence-corrected chi connectivity index (χ4v) is 1.82. The molecule has 1 atom stereocenters. The molecule has 5 heteroatoms. The molecular weight excluding hydrogens is 269 g/mol. The van der Waals surface area contributed by atoms with E-state index in [0.29, 0.717) is 16.3 Å². The van der Waals surface area contributed by atoms with E-state index in [1.807, 2.05) is 0 Å². The normalized spacial score (nSPS) is 11.9. The zero-order valence-corrected chi connectivity index (χ0v) is 10.6. The first-order valence-corrected chi connectivity index (χ1v) is 5.94. The molecule has 0 bridgehead atoms. The number of benzene rings is 2. The molecule has 3 nitrogen and oxygen atoms in total. The Morgan fingerprint density at radius 1 is 1.16 bits per heavy atom. The lowest BCUT2D eigenvalue weighted by molar-refractivity contribution is -0.124. The molecule has 2 aromatic carbocycles. The van der Waals surface area contributed by atoms with Gasteiger partial charge in [-0.15, -0.1) is 0 Å². The third-order valence-electron chi connectivity index (χ3n) is 2.56. The van der Waals surface area contributed by atoms with Crippen LogP contribution in [0.2, 0.25) is 5.02 Å². The van der Waals surface area contributed by atoms with Gasteiger partial charge in [0.05, 0.1) is 0 Å². The number of nitrogens with one attached hydrogen (secondary N) is 1. The van der Waals surface area contributed by atoms with Gasteiger partial charge in [0, 0.05) is 16.3 Å². The van der Waals surface area contributed by atoms with Crippen LogP contribution < -0.4 is 5.32 Å². The molecule has 98 valence electrons. The quantitative estimate of drug-likeness (QED) is 0.907. The van der Waals surface area contributed by atoms with Crippen molar-refractivity contribution in [3.63, 3.8) is 0 Å². The van der Waals surface area contributed by atoms with Gasteiger partial charge in [0.25, 0.3) is 5.91 Å². The van der Waals surface area contributed by atoms with Crippen molar-refractivity contribution in [1.82, 2.24) is 0 Å². The van der Waals surface area contributed by atoms with Crippen molar-refractivity contribution in [3.05, 3.63) is 64.9 Å². The molecule has 0 aromatic heterocycles. The minimum absolute atomic E-state index is 0.309. The van der Waals surface area contributed by atoms with E-state index in [-0.39, 0.29) is 0 Å². The number of carbonyl (C=O) groups is 1. The first-order chi connectivity index (χ1) is 9.08. The van der Waals surface area contributed by atoms with Crippen molar-refractivity contribution >= 4 is 23.2 Å². The maximum absolute atomic E-state index is 12.7. The highest BCUT2D eigenvalue weighted by Crippen LogP contribution is 2.23. The molecule has 0 fully saturated rings. The Morgan fingerprint density at radius 2 is 1.79 bits per heavy atom. The third-order valence-corrected chi connectivity index (χ3v) is 2.90. The smallest absolute Gasteiger partial charge is 0.257 e. The van der Waals surface area contributed by atoms with Gasteiger partial charge in [0.1, 0.15) is 5.82 Å². The van der Waals surface area contributed by atoms with E-state index >= 15 is 0 Å². The zero-order chi connectivity index (χ0) is 13.8. The second-order valence-corrected chi connectivity index (χ2v) is 4.33. The SMILES string of the molecule is O=C(Nc1ccc(F)cc1)C(O)c1ccccc1Cl. The topological polar surface area (TPSA) is 49.3 Å². The van der Waals surface area contributed by atoms with Gasteiger partial charge in [-0.2, -0.15) is 0 Å². The van der Waals surface area contributed by atoms with Crippen LogP contribution in [0.25, 0.3) is 0 Å². The minimum atomic E-state index is -1.38. The lowest BCUT2D eigenvalue weighted by Gasteiger charge is -2.12. The van der Waals surface area contributed by atoms with Crippen LogP contribution in [0.5, 0.6) is 0 Å². The number of amides is 1. The molecule has 0 aliphatic carbocycles. The molecule has 2 N–H and O–H groups in total. The number of carbonyl (C=O) groups excluding carboxylic acids is 1. The molecule has 19 heavy (non-hydrogen) atoms. The average Bonchev–Trinajstić information content (AvgIpc) is 2.41. The van der Waals surface area contributed by atoms with E-state index in [0.717, 1.165) is 0 Å². The summed E-state index contributed by atoms with van der Waals surface area (Å²) < 4.78 is 12.7. The van der Waals surface area contributed by atoms with Gasteiger partial charge in [-0.3, -0.25) is 4.79 Å². The van der Waals surface area contributed by atoms with Crippen molar-refractivity contribution in [3.8, 4) is 0 Å². The van der Waals surface area contributed by atoms with Gasteiger partial charge in [-0.05, 0) is 30.3 Å². The highest BCUT2D eigenvalue weighted by molar-refractivity contribution is 6.31. The van der Waals surface area contributed by atoms with Gasteiger partial charge in [0.15, 0.2) is 6.10 Å². The van der Waals surface area contributed by atoms with Crippen LogP contribution in [-0.2, 0) is 4.79 Å². The Kier molecular flexibility index (Phi) is 4.14. The van der Waals surface area contributed by atoms with Crippen LogP contribution in [0, 0.1) is 5.82 Å². The third kappa shape index (κ3) is 3.30. The van der Waals surface area contributed by atoms with Crippen molar-refractivity contribution in [2.45, 2.75) is 6.10 Å². The fourth-order valence-electron chi connectivity index (χ4n) is 1.58. The van der Waals surface area contributed by atoms with E-state index in [1.165, 1.54) is 24.3 Å². The molecule has 2 aromatic rings. The van der Waals surface area contributed by atoms with Crippen molar-refractivity contribution in [1.29, 1.82) is 0 Å². The molecule has 1 unspecified atom stereocenters. The molecule has 0 saturated heterocycles. The summed E-state index contributed by atoms with van der Waals surface area (Å²) in [6, 6.07) is 11.8. The molecule has 2 rings (SSSR count). The maximum Gasteiger partial charge on any atom is 0.257 e. The van der Waals surface area contributed by atoms with Crippen LogP contribution in [0.3, 0.4) is 0 Å². The Labute approximate surface area is 114 Å². The summed E-state index contributed by atoms with van der Waals surface area (Å²) in [4.78, 5) is 11.8. The minimum Gasteiger partial charge on any atom is -0.378 e. The highest BCUT2D eigenvalue weighted by atomic mass is 35.5. The Bertz CT molecular complexity index is 586. The molecule has 1 amide bonds. The van der Waals surface area contributed by atoms with Gasteiger partial charge < -0.3 is 10.4 Å². The molecular formula is C14H11ClFNO2. The standard InChI is InChI=1S/C14H11ClFNO2/c15-12-4-2-1-3-11(12)13(18)14(19)17-10-7-5-9(16)6-8-10/h1-8,13,18H,(H,17,19). The molecule has 0 aliphatic rings. The van der Waals surface area contributed by atoms with E-state index < -0.39 is 17.8 Å². The van der Waals surface area contributed by atoms with E-state index in [2.05, 4.69) is 5.32 Å². The number of anilines is 1. The number of rotatable bonds is 3. The maximum atomic E-state index is 12.7. The summed E-state index contributed by atoms with van der Waals surface area (Å²) in [5.74, 6) is -1.02. The molecule has 0 spiro atoms. The van der Waals surface area contributed by atoms with E-state index in [4.69, 9.17) is 11.6 Å². The van der Waals surface area contributed by atoms with Gasteiger partial charge in [-0.1, -0.05) is 29.8 Å². The Balaban J connectivity index is 2.12. The van der Waals surface area contributed by atoms with Crippen LogP contribution in [-0.4, -0.2) is 11.0 Å². The summed E-state index contributed by atoms with van der Waals surface area (Å²) in [5.41, 5.74) is 0.723. The van der Waals surface area contributed by atoms with Crippen molar-refractivity contribution in [2.75, 3.05) is 5.32 Å². The van der Waals surface area contributed by atoms with Gasteiger partial charge in [-0.25, -0.2) is 4.39 Å². The number of aliphatic hydroxyl groups is 1. The summed E-state index contributed by atoms with van der Waals surface area (Å²) in [5, 5.41) is 12.7. The molecule has 0 heterocycles. The number of halogens is 2. The summed E-state index contributed by atoms with van der Waals surface area (Å²) in [6.45, 7) is 0. The number of hydrogen-bond acceptors (Lipinski definition) is 2. The van der Waals surface area contributed by atoms with E-state index in [9.17, 15) is 14.3 Å². The summed E-state index contributed by atoms with van der Waals surface area (Å²) in [7, 11) is 0. The molecule has 0 saturated carbocycles. The van der Waals surface area contributed by atoms with Crippen LogP contribution in [0.15, 0.2) is 48.5 Å². The second kappa shape index (κ2) is 5.82. The van der Waals surface area contributed by atoms with Gasteiger partial charge in [0.2, 0.25) is 0 Å². The predicted molar refractivity (Wildman–Crippen MR) is 71.4 cm³/mol. The fraction of sp³-hybridized carbons (Fsp3) is 0.0714. The second-order valence-electron chi connectivity index (χ2n) is 3.92. The molecule has 0 radical (unpaired) electrons. The van der Waals surface area contributed by atoms with Crippen molar-refractivity contribution in [2.24, 2.45) is 0 Å². The summed E-state index contributed by atoms with van der Waals surface area (Å²) >= 11 is 5.90. The summed E-state index contributed by atoms with van der Waals surface area (Å²) in [6.07, 6.45) is -1.38. The lowest BCUT2D eigenvalue weighted by atomic mass is 10.1. The largest absolute Gasteiger partial charge is 0.378 e.